The van der Waals surface area contributed by atoms with Crippen LogP contribution < -0.4 is 4.74 Å². The van der Waals surface area contributed by atoms with Gasteiger partial charge in [-0.1, -0.05) is 11.3 Å². The van der Waals surface area contributed by atoms with Crippen molar-refractivity contribution in [3.63, 3.8) is 0 Å². The third-order valence-corrected chi connectivity index (χ3v) is 3.28. The average Bonchev–Trinajstić information content (AvgIpc) is 2.43. The summed E-state index contributed by atoms with van der Waals surface area (Å²) >= 11 is 2.91. The highest BCUT2D eigenvalue weighted by Gasteiger charge is 2.06. The van der Waals surface area contributed by atoms with Gasteiger partial charge in [0.1, 0.15) is 0 Å². The highest BCUT2D eigenvalue weighted by molar-refractivity contribution is 7.27. The van der Waals surface area contributed by atoms with Gasteiger partial charge in [-0.3, -0.25) is 0 Å². The standard InChI is InChI=1S/C7H4O3S2/c8-7(9)10-6-3-5-4(12-6)1-2-11-5/h1-3H,(H,8,9). The predicted octanol–water partition coefficient (Wildman–Crippen LogP) is 3.02. The van der Waals surface area contributed by atoms with Gasteiger partial charge >= 0.3 is 6.16 Å². The minimum atomic E-state index is -1.26. The third kappa shape index (κ3) is 1.28. The van der Waals surface area contributed by atoms with Gasteiger partial charge in [0, 0.05) is 15.5 Å². The van der Waals surface area contributed by atoms with E-state index >= 15 is 0 Å². The van der Waals surface area contributed by atoms with Crippen LogP contribution in [-0.2, 0) is 0 Å². The number of thiophene rings is 2. The predicted molar refractivity (Wildman–Crippen MR) is 48.4 cm³/mol. The van der Waals surface area contributed by atoms with E-state index in [0.29, 0.717) is 5.06 Å². The average molecular weight is 200 g/mol. The Balaban J connectivity index is 2.38. The molecule has 0 atom stereocenters. The Morgan fingerprint density at radius 2 is 2.33 bits per heavy atom. The fraction of sp³-hybridized carbons (Fsp3) is 0. The van der Waals surface area contributed by atoms with E-state index in [1.54, 1.807) is 17.4 Å². The normalized spacial score (nSPS) is 10.3. The van der Waals surface area contributed by atoms with Crippen LogP contribution in [0.3, 0.4) is 0 Å². The van der Waals surface area contributed by atoms with E-state index in [2.05, 4.69) is 4.74 Å². The lowest BCUT2D eigenvalue weighted by molar-refractivity contribution is 0.146. The van der Waals surface area contributed by atoms with Gasteiger partial charge in [-0.05, 0) is 11.4 Å². The van der Waals surface area contributed by atoms with E-state index in [0.717, 1.165) is 9.40 Å². The number of hydrogen-bond donors (Lipinski definition) is 1. The summed E-state index contributed by atoms with van der Waals surface area (Å²) in [5, 5.41) is 10.7. The van der Waals surface area contributed by atoms with Gasteiger partial charge in [-0.15, -0.1) is 11.3 Å². The molecule has 0 amide bonds. The smallest absolute Gasteiger partial charge is 0.449 e. The van der Waals surface area contributed by atoms with Crippen molar-refractivity contribution in [3.05, 3.63) is 17.5 Å². The maximum absolute atomic E-state index is 10.2. The Kier molecular flexibility index (Phi) is 1.74. The molecular formula is C7H4O3S2. The molecule has 0 saturated carbocycles. The van der Waals surface area contributed by atoms with Crippen LogP contribution in [0.1, 0.15) is 0 Å². The lowest BCUT2D eigenvalue weighted by Gasteiger charge is -1.90. The third-order valence-electron chi connectivity index (χ3n) is 1.30. The van der Waals surface area contributed by atoms with Crippen molar-refractivity contribution in [1.29, 1.82) is 0 Å². The molecular weight excluding hydrogens is 196 g/mol. The van der Waals surface area contributed by atoms with Crippen molar-refractivity contribution in [2.24, 2.45) is 0 Å². The first-order valence-electron chi connectivity index (χ1n) is 3.13. The fourth-order valence-electron chi connectivity index (χ4n) is 0.880. The fourth-order valence-corrected chi connectivity index (χ4v) is 2.82. The zero-order valence-electron chi connectivity index (χ0n) is 5.81. The van der Waals surface area contributed by atoms with Crippen LogP contribution in [0.5, 0.6) is 5.06 Å². The Morgan fingerprint density at radius 3 is 3.00 bits per heavy atom. The molecule has 62 valence electrons. The van der Waals surface area contributed by atoms with Crippen LogP contribution in [0.2, 0.25) is 0 Å². The molecule has 0 saturated heterocycles. The number of fused-ring (bicyclic) bond motifs is 1. The van der Waals surface area contributed by atoms with Crippen LogP contribution in [0.15, 0.2) is 17.5 Å². The summed E-state index contributed by atoms with van der Waals surface area (Å²) in [6.07, 6.45) is -1.26. The maximum Gasteiger partial charge on any atom is 0.512 e. The Bertz CT molecular complexity index is 386. The molecule has 0 radical (unpaired) electrons. The second kappa shape index (κ2) is 2.76. The Hall–Kier alpha value is -1.07. The highest BCUT2D eigenvalue weighted by Crippen LogP contribution is 2.34. The Labute approximate surface area is 75.8 Å². The molecule has 0 fully saturated rings. The molecule has 5 heteroatoms. The number of carboxylic acid groups (broad SMARTS) is 1. The summed E-state index contributed by atoms with van der Waals surface area (Å²) < 4.78 is 6.63. The van der Waals surface area contributed by atoms with Crippen molar-refractivity contribution in [3.8, 4) is 5.06 Å². The Morgan fingerprint density at radius 1 is 1.50 bits per heavy atom. The van der Waals surface area contributed by atoms with E-state index in [4.69, 9.17) is 5.11 Å². The SMILES string of the molecule is O=C(O)Oc1cc2sccc2s1. The van der Waals surface area contributed by atoms with Gasteiger partial charge < -0.3 is 9.84 Å². The van der Waals surface area contributed by atoms with Crippen LogP contribution in [-0.4, -0.2) is 11.3 Å². The van der Waals surface area contributed by atoms with Gasteiger partial charge in [-0.2, -0.15) is 0 Å². The van der Waals surface area contributed by atoms with Gasteiger partial charge in [0.25, 0.3) is 0 Å². The summed E-state index contributed by atoms with van der Waals surface area (Å²) in [4.78, 5) is 10.2. The van der Waals surface area contributed by atoms with E-state index in [1.165, 1.54) is 11.3 Å². The number of hydrogen-bond acceptors (Lipinski definition) is 4. The summed E-state index contributed by atoms with van der Waals surface area (Å²) in [5.41, 5.74) is 0. The molecule has 12 heavy (non-hydrogen) atoms. The van der Waals surface area contributed by atoms with E-state index in [9.17, 15) is 4.79 Å². The van der Waals surface area contributed by atoms with Crippen molar-refractivity contribution in [2.75, 3.05) is 0 Å². The molecule has 0 bridgehead atoms. The molecule has 0 aliphatic carbocycles. The quantitative estimate of drug-likeness (QED) is 0.720. The van der Waals surface area contributed by atoms with Crippen molar-refractivity contribution in [1.82, 2.24) is 0 Å². The monoisotopic (exact) mass is 200 g/mol. The van der Waals surface area contributed by atoms with Gasteiger partial charge in [-0.25, -0.2) is 4.79 Å². The van der Waals surface area contributed by atoms with Gasteiger partial charge in [0.05, 0.1) is 0 Å². The minimum absolute atomic E-state index is 0.435. The van der Waals surface area contributed by atoms with E-state index < -0.39 is 6.16 Å². The number of carbonyl (C=O) groups is 1. The van der Waals surface area contributed by atoms with Crippen LogP contribution in [0.4, 0.5) is 4.79 Å². The van der Waals surface area contributed by atoms with E-state index in [1.807, 2.05) is 11.4 Å². The topological polar surface area (TPSA) is 46.5 Å². The first-order chi connectivity index (χ1) is 5.75. The second-order valence-corrected chi connectivity index (χ2v) is 4.08. The zero-order valence-corrected chi connectivity index (χ0v) is 7.45. The molecule has 3 nitrogen and oxygen atoms in total. The second-order valence-electron chi connectivity index (χ2n) is 2.08. The highest BCUT2D eigenvalue weighted by atomic mass is 32.1. The van der Waals surface area contributed by atoms with Crippen molar-refractivity contribution < 1.29 is 14.6 Å². The molecule has 0 aliphatic rings. The minimum Gasteiger partial charge on any atom is -0.449 e. The largest absolute Gasteiger partial charge is 0.512 e. The first kappa shape index (κ1) is 7.57. The van der Waals surface area contributed by atoms with Crippen LogP contribution >= 0.6 is 22.7 Å². The molecule has 2 heterocycles. The lowest BCUT2D eigenvalue weighted by Crippen LogP contribution is -2.00. The first-order valence-corrected chi connectivity index (χ1v) is 4.83. The molecule has 0 aliphatic heterocycles. The van der Waals surface area contributed by atoms with Gasteiger partial charge in [0.15, 0.2) is 5.06 Å². The molecule has 2 aromatic heterocycles. The number of ether oxygens (including phenoxy) is 1. The molecule has 0 spiro atoms. The molecule has 2 rings (SSSR count). The summed E-state index contributed by atoms with van der Waals surface area (Å²) in [5.74, 6) is 0. The molecule has 2 aromatic rings. The van der Waals surface area contributed by atoms with Gasteiger partial charge in [0.2, 0.25) is 0 Å². The number of rotatable bonds is 1. The maximum atomic E-state index is 10.2. The van der Waals surface area contributed by atoms with Crippen molar-refractivity contribution in [2.45, 2.75) is 0 Å². The molecule has 0 aromatic carbocycles. The lowest BCUT2D eigenvalue weighted by atomic mass is 10.5. The van der Waals surface area contributed by atoms with E-state index in [-0.39, 0.29) is 0 Å². The molecule has 1 N–H and O–H groups in total. The zero-order chi connectivity index (χ0) is 8.55. The summed E-state index contributed by atoms with van der Waals surface area (Å²) in [6, 6.07) is 3.68. The van der Waals surface area contributed by atoms with Crippen LogP contribution in [0, 0.1) is 0 Å². The summed E-state index contributed by atoms with van der Waals surface area (Å²) in [6.45, 7) is 0. The van der Waals surface area contributed by atoms with Crippen LogP contribution in [0.25, 0.3) is 9.40 Å². The summed E-state index contributed by atoms with van der Waals surface area (Å²) in [7, 11) is 0. The molecule has 0 unspecified atom stereocenters. The van der Waals surface area contributed by atoms with Crippen molar-refractivity contribution >= 4 is 38.2 Å².